The molecule has 0 saturated carbocycles. The van der Waals surface area contributed by atoms with E-state index < -0.39 is 10.0 Å². The van der Waals surface area contributed by atoms with Crippen molar-refractivity contribution in [3.05, 3.63) is 91.5 Å². The standard InChI is InChI=1S/C25H18N6O3S/c26-18-5-4-6-19(14-18)28-25-29-21-10-12-34-23(21)22(30-25)17-13-16-9-11-31(24(16)27-15-17)35(32,33)20-7-2-1-3-8-20/h1-15H,26H2,(H,28,29,30). The molecule has 0 saturated heterocycles. The highest BCUT2D eigenvalue weighted by Gasteiger charge is 2.20. The zero-order chi connectivity index (χ0) is 24.0. The molecule has 0 fully saturated rings. The van der Waals surface area contributed by atoms with Crippen LogP contribution in [0.3, 0.4) is 0 Å². The van der Waals surface area contributed by atoms with Crippen molar-refractivity contribution in [2.75, 3.05) is 11.1 Å². The van der Waals surface area contributed by atoms with Gasteiger partial charge in [0.1, 0.15) is 11.2 Å². The topological polar surface area (TPSA) is 129 Å². The zero-order valence-electron chi connectivity index (χ0n) is 18.2. The number of anilines is 3. The van der Waals surface area contributed by atoms with Crippen molar-refractivity contribution in [3.63, 3.8) is 0 Å². The largest absolute Gasteiger partial charge is 0.460 e. The Morgan fingerprint density at radius 2 is 1.80 bits per heavy atom. The first-order chi connectivity index (χ1) is 17.0. The van der Waals surface area contributed by atoms with E-state index in [1.165, 1.54) is 10.2 Å². The van der Waals surface area contributed by atoms with Crippen molar-refractivity contribution >= 4 is 49.5 Å². The van der Waals surface area contributed by atoms with Gasteiger partial charge in [-0.25, -0.2) is 27.3 Å². The average Bonchev–Trinajstić information content (AvgIpc) is 3.51. The Labute approximate surface area is 199 Å². The fraction of sp³-hybridized carbons (Fsp3) is 0. The van der Waals surface area contributed by atoms with Crippen LogP contribution < -0.4 is 11.1 Å². The number of benzene rings is 2. The molecule has 0 radical (unpaired) electrons. The summed E-state index contributed by atoms with van der Waals surface area (Å²) in [4.78, 5) is 13.8. The van der Waals surface area contributed by atoms with E-state index >= 15 is 0 Å². The lowest BCUT2D eigenvalue weighted by atomic mass is 10.1. The van der Waals surface area contributed by atoms with Gasteiger partial charge in [0.2, 0.25) is 5.95 Å². The number of aromatic nitrogens is 4. The van der Waals surface area contributed by atoms with Gasteiger partial charge in [-0.2, -0.15) is 0 Å². The first kappa shape index (κ1) is 20.9. The number of hydrogen-bond donors (Lipinski definition) is 2. The minimum Gasteiger partial charge on any atom is -0.460 e. The summed E-state index contributed by atoms with van der Waals surface area (Å²) >= 11 is 0. The zero-order valence-corrected chi connectivity index (χ0v) is 19.0. The molecule has 0 aliphatic heterocycles. The fourth-order valence-corrected chi connectivity index (χ4v) is 5.22. The van der Waals surface area contributed by atoms with Gasteiger partial charge in [0, 0.05) is 40.8 Å². The number of nitrogens with two attached hydrogens (primary N) is 1. The smallest absolute Gasteiger partial charge is 0.269 e. The van der Waals surface area contributed by atoms with Crippen LogP contribution in [0.25, 0.3) is 33.4 Å². The van der Waals surface area contributed by atoms with E-state index in [4.69, 9.17) is 10.2 Å². The molecule has 0 bridgehead atoms. The summed E-state index contributed by atoms with van der Waals surface area (Å²) in [7, 11) is -3.78. The molecule has 172 valence electrons. The monoisotopic (exact) mass is 482 g/mol. The second kappa shape index (κ2) is 7.96. The van der Waals surface area contributed by atoms with Crippen molar-refractivity contribution in [3.8, 4) is 11.3 Å². The predicted molar refractivity (Wildman–Crippen MR) is 134 cm³/mol. The third-order valence-corrected chi connectivity index (χ3v) is 7.19. The van der Waals surface area contributed by atoms with Gasteiger partial charge in [-0.1, -0.05) is 24.3 Å². The van der Waals surface area contributed by atoms with Crippen LogP contribution in [-0.4, -0.2) is 27.3 Å². The number of pyridine rings is 1. The summed E-state index contributed by atoms with van der Waals surface area (Å²) in [5, 5.41) is 3.81. The Bertz CT molecular complexity index is 1810. The first-order valence-corrected chi connectivity index (χ1v) is 12.1. The van der Waals surface area contributed by atoms with E-state index in [0.29, 0.717) is 45.0 Å². The molecule has 0 aliphatic carbocycles. The van der Waals surface area contributed by atoms with Crippen LogP contribution in [0.2, 0.25) is 0 Å². The van der Waals surface area contributed by atoms with Crippen molar-refractivity contribution in [2.45, 2.75) is 4.90 Å². The van der Waals surface area contributed by atoms with Crippen LogP contribution in [0.4, 0.5) is 17.3 Å². The maximum absolute atomic E-state index is 13.1. The first-order valence-electron chi connectivity index (χ1n) is 10.6. The minimum atomic E-state index is -3.78. The van der Waals surface area contributed by atoms with Gasteiger partial charge in [0.15, 0.2) is 11.2 Å². The normalized spacial score (nSPS) is 11.8. The third kappa shape index (κ3) is 3.65. The molecule has 4 aromatic heterocycles. The summed E-state index contributed by atoms with van der Waals surface area (Å²) < 4.78 is 33.1. The maximum Gasteiger partial charge on any atom is 0.269 e. The van der Waals surface area contributed by atoms with Crippen LogP contribution in [0.5, 0.6) is 0 Å². The molecule has 0 unspecified atom stereocenters. The van der Waals surface area contributed by atoms with E-state index in [2.05, 4.69) is 20.3 Å². The lowest BCUT2D eigenvalue weighted by molar-refractivity contribution is 0.588. The number of fused-ring (bicyclic) bond motifs is 2. The van der Waals surface area contributed by atoms with Gasteiger partial charge in [-0.05, 0) is 42.5 Å². The van der Waals surface area contributed by atoms with Crippen molar-refractivity contribution in [2.24, 2.45) is 0 Å². The van der Waals surface area contributed by atoms with Gasteiger partial charge in [0.25, 0.3) is 10.0 Å². The van der Waals surface area contributed by atoms with E-state index in [9.17, 15) is 8.42 Å². The molecule has 0 atom stereocenters. The molecule has 0 amide bonds. The van der Waals surface area contributed by atoms with E-state index in [-0.39, 0.29) is 4.90 Å². The van der Waals surface area contributed by atoms with Crippen LogP contribution in [0, 0.1) is 0 Å². The molecule has 10 heteroatoms. The average molecular weight is 483 g/mol. The van der Waals surface area contributed by atoms with E-state index in [1.54, 1.807) is 67.1 Å². The molecule has 3 N–H and O–H groups in total. The molecule has 2 aromatic carbocycles. The second-order valence-corrected chi connectivity index (χ2v) is 9.66. The Morgan fingerprint density at radius 1 is 0.943 bits per heavy atom. The third-order valence-electron chi connectivity index (χ3n) is 5.51. The number of furan rings is 1. The molecule has 4 heterocycles. The van der Waals surface area contributed by atoms with Gasteiger partial charge in [-0.15, -0.1) is 0 Å². The highest BCUT2D eigenvalue weighted by Crippen LogP contribution is 2.31. The number of hydrogen-bond acceptors (Lipinski definition) is 8. The highest BCUT2D eigenvalue weighted by molar-refractivity contribution is 7.90. The van der Waals surface area contributed by atoms with Crippen molar-refractivity contribution < 1.29 is 12.8 Å². The second-order valence-electron chi connectivity index (χ2n) is 7.85. The van der Waals surface area contributed by atoms with Crippen LogP contribution >= 0.6 is 0 Å². The van der Waals surface area contributed by atoms with Gasteiger partial charge in [0.05, 0.1) is 11.2 Å². The summed E-state index contributed by atoms with van der Waals surface area (Å²) in [5.74, 6) is 0.365. The quantitative estimate of drug-likeness (QED) is 0.335. The summed E-state index contributed by atoms with van der Waals surface area (Å²) in [6, 6.07) is 20.8. The Hall–Kier alpha value is -4.70. The van der Waals surface area contributed by atoms with E-state index in [1.807, 2.05) is 18.2 Å². The molecular formula is C25H18N6O3S. The van der Waals surface area contributed by atoms with Crippen LogP contribution in [-0.2, 0) is 10.0 Å². The summed E-state index contributed by atoms with van der Waals surface area (Å²) in [5.41, 5.74) is 9.86. The Kier molecular flexibility index (Phi) is 4.75. The minimum absolute atomic E-state index is 0.189. The van der Waals surface area contributed by atoms with Crippen LogP contribution in [0.15, 0.2) is 101 Å². The summed E-state index contributed by atoms with van der Waals surface area (Å²) in [6.45, 7) is 0. The number of nitrogens with one attached hydrogen (secondary N) is 1. The number of rotatable bonds is 5. The van der Waals surface area contributed by atoms with Gasteiger partial charge in [-0.3, -0.25) is 0 Å². The van der Waals surface area contributed by atoms with Gasteiger partial charge < -0.3 is 15.5 Å². The van der Waals surface area contributed by atoms with Crippen molar-refractivity contribution in [1.29, 1.82) is 0 Å². The maximum atomic E-state index is 13.1. The lowest BCUT2D eigenvalue weighted by Crippen LogP contribution is -2.12. The predicted octanol–water partition coefficient (Wildman–Crippen LogP) is 4.80. The van der Waals surface area contributed by atoms with Crippen molar-refractivity contribution in [1.82, 2.24) is 18.9 Å². The van der Waals surface area contributed by atoms with Crippen LogP contribution in [0.1, 0.15) is 0 Å². The SMILES string of the molecule is Nc1cccc(Nc2nc(-c3cnc4c(ccn4S(=O)(=O)c4ccccc4)c3)c3occc3n2)c1. The molecule has 6 aromatic rings. The Morgan fingerprint density at radius 3 is 2.63 bits per heavy atom. The molecule has 6 rings (SSSR count). The molecule has 0 aliphatic rings. The Balaban J connectivity index is 1.44. The number of nitrogen functional groups attached to an aromatic ring is 1. The molecule has 9 nitrogen and oxygen atoms in total. The molecule has 35 heavy (non-hydrogen) atoms. The van der Waals surface area contributed by atoms with Gasteiger partial charge >= 0.3 is 0 Å². The molecule has 0 spiro atoms. The fourth-order valence-electron chi connectivity index (χ4n) is 3.89. The molecular weight excluding hydrogens is 464 g/mol. The highest BCUT2D eigenvalue weighted by atomic mass is 32.2. The van der Waals surface area contributed by atoms with E-state index in [0.717, 1.165) is 5.69 Å². The number of nitrogens with zero attached hydrogens (tertiary/aromatic N) is 4. The lowest BCUT2D eigenvalue weighted by Gasteiger charge is -2.09. The summed E-state index contributed by atoms with van der Waals surface area (Å²) in [6.07, 6.45) is 4.62.